The number of hydrogen-bond acceptors (Lipinski definition) is 0. The van der Waals surface area contributed by atoms with Crippen LogP contribution in [0.25, 0.3) is 0 Å². The van der Waals surface area contributed by atoms with E-state index in [1.54, 1.807) is 0 Å². The summed E-state index contributed by atoms with van der Waals surface area (Å²) in [5, 5.41) is 0. The Bertz CT molecular complexity index is 51.2. The molecule has 10 heavy (non-hydrogen) atoms. The van der Waals surface area contributed by atoms with Crippen LogP contribution in [0.3, 0.4) is 0 Å². The summed E-state index contributed by atoms with van der Waals surface area (Å²) in [4.78, 5) is 0. The van der Waals surface area contributed by atoms with Gasteiger partial charge in [0, 0.05) is 0 Å². The van der Waals surface area contributed by atoms with Gasteiger partial charge in [0.1, 0.15) is 0 Å². The first kappa shape index (κ1) is 17.4. The second-order valence-corrected chi connectivity index (χ2v) is 2.50. The first-order valence-electron chi connectivity index (χ1n) is 3.22. The second-order valence-electron chi connectivity index (χ2n) is 2.50. The molecule has 1 fully saturated rings. The van der Waals surface area contributed by atoms with E-state index in [2.05, 4.69) is 6.92 Å². The summed E-state index contributed by atoms with van der Waals surface area (Å²) in [5.74, 6) is 0.786. The fourth-order valence-corrected chi connectivity index (χ4v) is 1.19. The van der Waals surface area contributed by atoms with E-state index in [1.807, 2.05) is 0 Å². The maximum Gasteiger partial charge on any atom is 2.00 e. The van der Waals surface area contributed by atoms with Gasteiger partial charge in [0.25, 0.3) is 0 Å². The van der Waals surface area contributed by atoms with Crippen LogP contribution in [-0.4, -0.2) is 23.1 Å². The van der Waals surface area contributed by atoms with Crippen molar-refractivity contribution in [2.24, 2.45) is 5.92 Å². The van der Waals surface area contributed by atoms with Crippen LogP contribution in [0, 0.1) is 20.3 Å². The Morgan fingerprint density at radius 2 is 1.40 bits per heavy atom. The fourth-order valence-electron chi connectivity index (χ4n) is 1.19. The normalized spacial score (nSPS) is 17.7. The van der Waals surface area contributed by atoms with E-state index in [1.165, 1.54) is 32.1 Å². The first-order chi connectivity index (χ1) is 3.39. The molecule has 0 N–H and O–H groups in total. The molecule has 0 aliphatic heterocycles. The van der Waals surface area contributed by atoms with Crippen molar-refractivity contribution in [1.82, 2.24) is 0 Å². The van der Waals surface area contributed by atoms with Gasteiger partial charge >= 0.3 is 23.1 Å². The van der Waals surface area contributed by atoms with Gasteiger partial charge in [-0.25, -0.2) is 0 Å². The van der Waals surface area contributed by atoms with Crippen LogP contribution in [0.2, 0.25) is 0 Å². The molecule has 0 bridgehead atoms. The van der Waals surface area contributed by atoms with E-state index in [-0.39, 0.29) is 47.5 Å². The molecule has 1 saturated carbocycles. The molecule has 1 aliphatic carbocycles. The van der Waals surface area contributed by atoms with Crippen molar-refractivity contribution in [2.45, 2.75) is 32.1 Å². The zero-order valence-electron chi connectivity index (χ0n) is 6.94. The minimum Gasteiger partial charge on any atom is -0.358 e. The fraction of sp³-hybridized carbons (Fsp3) is 0.750. The molecule has 0 nitrogen and oxygen atoms in total. The van der Waals surface area contributed by atoms with Gasteiger partial charge in [0.15, 0.2) is 0 Å². The van der Waals surface area contributed by atoms with Gasteiger partial charge < -0.3 is 14.4 Å². The van der Waals surface area contributed by atoms with Crippen LogP contribution in [-0.2, 0) is 0 Å². The molecule has 0 saturated heterocycles. The molecular formula is C8H17BrMg. The van der Waals surface area contributed by atoms with Gasteiger partial charge in [-0.15, -0.1) is 17.0 Å². The van der Waals surface area contributed by atoms with Gasteiger partial charge in [0.2, 0.25) is 0 Å². The summed E-state index contributed by atoms with van der Waals surface area (Å²) >= 11 is 0. The number of hydrogen-bond donors (Lipinski definition) is 0. The maximum absolute atomic E-state index is 4.00. The third kappa shape index (κ3) is 7.35. The Hall–Kier alpha value is 1.25. The third-order valence-corrected chi connectivity index (χ3v) is 1.72. The molecular weight excluding hydrogens is 200 g/mol. The van der Waals surface area contributed by atoms with E-state index < -0.39 is 0 Å². The van der Waals surface area contributed by atoms with Crippen molar-refractivity contribution in [3.05, 3.63) is 14.4 Å². The summed E-state index contributed by atoms with van der Waals surface area (Å²) in [6.07, 6.45) is 7.05. The van der Waals surface area contributed by atoms with Crippen molar-refractivity contribution in [3.63, 3.8) is 0 Å². The third-order valence-electron chi connectivity index (χ3n) is 1.72. The molecule has 58 valence electrons. The number of halogens is 1. The summed E-state index contributed by atoms with van der Waals surface area (Å²) in [5.41, 5.74) is 0. The van der Waals surface area contributed by atoms with Gasteiger partial charge in [-0.1, -0.05) is 32.1 Å². The summed E-state index contributed by atoms with van der Waals surface area (Å²) in [6.45, 7) is 4.00. The smallest absolute Gasteiger partial charge is 0.358 e. The topological polar surface area (TPSA) is 0 Å². The standard InChI is InChI=1S/C7H13.CH3.BrH.Mg/c1-7-5-3-2-4-6-7;;;/h7H,1-6H2;1H3;1H;/q2*-1;;+2. The second kappa shape index (κ2) is 10.2. The average molecular weight is 217 g/mol. The molecule has 0 spiro atoms. The van der Waals surface area contributed by atoms with Crippen molar-refractivity contribution >= 4 is 40.0 Å². The Balaban J connectivity index is -0.000000163. The average Bonchev–Trinajstić information content (AvgIpc) is 1.69. The molecule has 0 amide bonds. The SMILES string of the molecule is Br.[CH2-]C1CCCCC1.[CH3-].[Mg+2]. The molecule has 0 aromatic rings. The van der Waals surface area contributed by atoms with E-state index in [0.717, 1.165) is 5.92 Å². The predicted octanol–water partition coefficient (Wildman–Crippen LogP) is 3.05. The minimum atomic E-state index is 0. The van der Waals surface area contributed by atoms with Gasteiger partial charge in [-0.3, -0.25) is 0 Å². The Labute approximate surface area is 92.1 Å². The van der Waals surface area contributed by atoms with Crippen molar-refractivity contribution in [3.8, 4) is 0 Å². The van der Waals surface area contributed by atoms with Gasteiger partial charge in [-0.05, 0) is 0 Å². The molecule has 0 aromatic carbocycles. The molecule has 1 aliphatic rings. The molecule has 0 heterocycles. The summed E-state index contributed by atoms with van der Waals surface area (Å²) in [7, 11) is 0. The van der Waals surface area contributed by atoms with Crippen LogP contribution < -0.4 is 0 Å². The molecule has 0 radical (unpaired) electrons. The van der Waals surface area contributed by atoms with E-state index >= 15 is 0 Å². The van der Waals surface area contributed by atoms with Crippen LogP contribution in [0.5, 0.6) is 0 Å². The summed E-state index contributed by atoms with van der Waals surface area (Å²) in [6, 6.07) is 0. The van der Waals surface area contributed by atoms with Crippen LogP contribution in [0.4, 0.5) is 0 Å². The predicted molar refractivity (Wildman–Crippen MR) is 54.4 cm³/mol. The Morgan fingerprint density at radius 1 is 1.00 bits per heavy atom. The molecule has 0 atom stereocenters. The number of rotatable bonds is 0. The quantitative estimate of drug-likeness (QED) is 0.432. The molecule has 0 aromatic heterocycles. The van der Waals surface area contributed by atoms with Crippen molar-refractivity contribution in [2.75, 3.05) is 0 Å². The zero-order chi connectivity index (χ0) is 5.11. The minimum absolute atomic E-state index is 0. The van der Waals surface area contributed by atoms with E-state index in [0.29, 0.717) is 0 Å². The summed E-state index contributed by atoms with van der Waals surface area (Å²) < 4.78 is 0. The maximum atomic E-state index is 4.00. The largest absolute Gasteiger partial charge is 2.00 e. The monoisotopic (exact) mass is 216 g/mol. The van der Waals surface area contributed by atoms with E-state index in [4.69, 9.17) is 0 Å². The van der Waals surface area contributed by atoms with Crippen LogP contribution in [0.15, 0.2) is 0 Å². The zero-order valence-corrected chi connectivity index (χ0v) is 10.1. The van der Waals surface area contributed by atoms with Gasteiger partial charge in [-0.2, -0.15) is 5.92 Å². The van der Waals surface area contributed by atoms with Gasteiger partial charge in [0.05, 0.1) is 0 Å². The molecule has 2 heteroatoms. The van der Waals surface area contributed by atoms with E-state index in [9.17, 15) is 0 Å². The van der Waals surface area contributed by atoms with Crippen molar-refractivity contribution < 1.29 is 0 Å². The van der Waals surface area contributed by atoms with Crippen LogP contribution in [0.1, 0.15) is 32.1 Å². The van der Waals surface area contributed by atoms with Crippen LogP contribution >= 0.6 is 17.0 Å². The Kier molecular flexibility index (Phi) is 17.8. The first-order valence-corrected chi connectivity index (χ1v) is 3.22. The molecule has 1 rings (SSSR count). The Morgan fingerprint density at radius 3 is 1.60 bits per heavy atom. The van der Waals surface area contributed by atoms with Crippen molar-refractivity contribution in [1.29, 1.82) is 0 Å². The molecule has 0 unspecified atom stereocenters.